The van der Waals surface area contributed by atoms with Crippen LogP contribution in [-0.2, 0) is 0 Å². The molecule has 1 N–H and O–H groups in total. The minimum Gasteiger partial charge on any atom is -0.423 e. The Kier molecular flexibility index (Phi) is 8.12. The van der Waals surface area contributed by atoms with Crippen molar-refractivity contribution in [3.63, 3.8) is 0 Å². The Labute approximate surface area is 222 Å². The smallest absolute Gasteiger partial charge is 0.345 e. The number of esters is 2. The van der Waals surface area contributed by atoms with Crippen LogP contribution in [0.15, 0.2) is 77.9 Å². The average Bonchev–Trinajstić information content (AvgIpc) is 2.85. The van der Waals surface area contributed by atoms with Crippen LogP contribution in [0.5, 0.6) is 11.5 Å². The van der Waals surface area contributed by atoms with E-state index in [1.165, 1.54) is 18.3 Å². The third-order valence-corrected chi connectivity index (χ3v) is 5.60. The summed E-state index contributed by atoms with van der Waals surface area (Å²) >= 11 is 12.3. The van der Waals surface area contributed by atoms with Crippen molar-refractivity contribution in [1.82, 2.24) is 9.97 Å². The van der Waals surface area contributed by atoms with Gasteiger partial charge in [0.25, 0.3) is 0 Å². The Morgan fingerprint density at radius 2 is 1.38 bits per heavy atom. The first-order valence-corrected chi connectivity index (χ1v) is 11.7. The molecule has 0 amide bonds. The summed E-state index contributed by atoms with van der Waals surface area (Å²) in [6, 6.07) is 19.4. The molecule has 1 heterocycles. The topological polar surface area (TPSA) is 103 Å². The van der Waals surface area contributed by atoms with E-state index in [9.17, 15) is 9.59 Å². The largest absolute Gasteiger partial charge is 0.423 e. The monoisotopic (exact) mass is 534 g/mol. The van der Waals surface area contributed by atoms with Gasteiger partial charge in [-0.2, -0.15) is 5.10 Å². The minimum absolute atomic E-state index is 0.0845. The van der Waals surface area contributed by atoms with Crippen LogP contribution < -0.4 is 14.9 Å². The molecule has 4 aromatic rings. The maximum absolute atomic E-state index is 12.8. The Hall–Kier alpha value is -4.27. The molecule has 8 nitrogen and oxygen atoms in total. The molecule has 0 spiro atoms. The van der Waals surface area contributed by atoms with Gasteiger partial charge in [-0.15, -0.1) is 0 Å². The highest BCUT2D eigenvalue weighted by atomic mass is 35.5. The van der Waals surface area contributed by atoms with Gasteiger partial charge in [0, 0.05) is 23.0 Å². The Morgan fingerprint density at radius 3 is 1.97 bits per heavy atom. The molecule has 4 rings (SSSR count). The number of nitrogens with one attached hydrogen (secondary N) is 1. The Morgan fingerprint density at radius 1 is 0.811 bits per heavy atom. The van der Waals surface area contributed by atoms with Gasteiger partial charge in [-0.25, -0.2) is 25.0 Å². The van der Waals surface area contributed by atoms with Gasteiger partial charge in [0.15, 0.2) is 0 Å². The van der Waals surface area contributed by atoms with E-state index < -0.39 is 11.9 Å². The molecule has 10 heteroatoms. The third kappa shape index (κ3) is 6.69. The summed E-state index contributed by atoms with van der Waals surface area (Å²) < 4.78 is 11.1. The van der Waals surface area contributed by atoms with Gasteiger partial charge in [0.1, 0.15) is 11.5 Å². The summed E-state index contributed by atoms with van der Waals surface area (Å²) in [5.41, 5.74) is 5.10. The van der Waals surface area contributed by atoms with Crippen molar-refractivity contribution in [2.45, 2.75) is 13.8 Å². The van der Waals surface area contributed by atoms with Gasteiger partial charge in [0.05, 0.1) is 27.4 Å². The lowest BCUT2D eigenvalue weighted by molar-refractivity contribution is 0.0733. The Bertz CT molecular complexity index is 1490. The molecule has 0 atom stereocenters. The predicted octanol–water partition coefficient (Wildman–Crippen LogP) is 6.28. The highest BCUT2D eigenvalue weighted by Gasteiger charge is 2.17. The molecule has 186 valence electrons. The van der Waals surface area contributed by atoms with E-state index >= 15 is 0 Å². The maximum atomic E-state index is 12.8. The Balaban J connectivity index is 1.62. The number of hydrogen-bond donors (Lipinski definition) is 1. The molecule has 1 aromatic heterocycles. The number of hydrazone groups is 1. The number of nitrogens with zero attached hydrogens (tertiary/aromatic N) is 3. The van der Waals surface area contributed by atoms with E-state index in [1.54, 1.807) is 54.6 Å². The summed E-state index contributed by atoms with van der Waals surface area (Å²) in [6.07, 6.45) is 1.43. The van der Waals surface area contributed by atoms with Gasteiger partial charge >= 0.3 is 11.9 Å². The molecule has 0 aliphatic heterocycles. The maximum Gasteiger partial charge on any atom is 0.345 e. The standard InChI is InChI=1S/C27H20Cl2N4O4/c1-16-13-17(2)32-27(31-16)33-30-15-18-11-12-19(36-25(34)20-7-3-5-9-22(20)28)14-24(18)37-26(35)21-8-4-6-10-23(21)29/h3-15H,1-2H3,(H,31,32,33)/b30-15+. The summed E-state index contributed by atoms with van der Waals surface area (Å²) in [7, 11) is 0. The van der Waals surface area contributed by atoms with Crippen molar-refractivity contribution >= 4 is 47.3 Å². The number of aryl methyl sites for hydroxylation is 2. The summed E-state index contributed by atoms with van der Waals surface area (Å²) in [4.78, 5) is 34.0. The number of benzene rings is 3. The molecular formula is C27H20Cl2N4O4. The van der Waals surface area contributed by atoms with Crippen LogP contribution in [0.4, 0.5) is 5.95 Å². The zero-order chi connectivity index (χ0) is 26.4. The second-order valence-electron chi connectivity index (χ2n) is 7.78. The normalized spacial score (nSPS) is 10.8. The molecule has 0 unspecified atom stereocenters. The SMILES string of the molecule is Cc1cc(C)nc(N/N=C/c2ccc(OC(=O)c3ccccc3Cl)cc2OC(=O)c2ccccc2Cl)n1. The zero-order valence-corrected chi connectivity index (χ0v) is 21.2. The van der Waals surface area contributed by atoms with Crippen LogP contribution in [0, 0.1) is 13.8 Å². The fraction of sp³-hybridized carbons (Fsp3) is 0.0741. The van der Waals surface area contributed by atoms with Gasteiger partial charge in [-0.05, 0) is 56.3 Å². The molecule has 0 saturated carbocycles. The summed E-state index contributed by atoms with van der Waals surface area (Å²) in [5, 5.41) is 4.64. The van der Waals surface area contributed by atoms with Crippen LogP contribution in [0.1, 0.15) is 37.7 Å². The number of rotatable bonds is 7. The second kappa shape index (κ2) is 11.6. The first kappa shape index (κ1) is 25.8. The summed E-state index contributed by atoms with van der Waals surface area (Å²) in [5.74, 6) is -0.825. The van der Waals surface area contributed by atoms with Crippen molar-refractivity contribution in [1.29, 1.82) is 0 Å². The molecule has 37 heavy (non-hydrogen) atoms. The zero-order valence-electron chi connectivity index (χ0n) is 19.7. The fourth-order valence-corrected chi connectivity index (χ4v) is 3.70. The molecule has 0 bridgehead atoms. The molecule has 0 aliphatic rings. The molecule has 3 aromatic carbocycles. The number of hydrogen-bond acceptors (Lipinski definition) is 8. The van der Waals surface area contributed by atoms with Crippen molar-refractivity contribution < 1.29 is 19.1 Å². The van der Waals surface area contributed by atoms with E-state index in [0.29, 0.717) is 11.5 Å². The number of carbonyl (C=O) groups is 2. The van der Waals surface area contributed by atoms with Crippen molar-refractivity contribution in [3.8, 4) is 11.5 Å². The van der Waals surface area contributed by atoms with E-state index in [-0.39, 0.29) is 32.7 Å². The van der Waals surface area contributed by atoms with Gasteiger partial charge in [0.2, 0.25) is 5.95 Å². The summed E-state index contributed by atoms with van der Waals surface area (Å²) in [6.45, 7) is 3.69. The minimum atomic E-state index is -0.694. The van der Waals surface area contributed by atoms with Crippen LogP contribution in [0.3, 0.4) is 0 Å². The van der Waals surface area contributed by atoms with E-state index in [1.807, 2.05) is 19.9 Å². The van der Waals surface area contributed by atoms with E-state index in [0.717, 1.165) is 11.4 Å². The average molecular weight is 535 g/mol. The third-order valence-electron chi connectivity index (χ3n) is 4.94. The van der Waals surface area contributed by atoms with Crippen LogP contribution in [0.2, 0.25) is 10.0 Å². The van der Waals surface area contributed by atoms with Gasteiger partial charge in [-0.3, -0.25) is 0 Å². The predicted molar refractivity (Wildman–Crippen MR) is 142 cm³/mol. The van der Waals surface area contributed by atoms with Gasteiger partial charge < -0.3 is 9.47 Å². The number of anilines is 1. The van der Waals surface area contributed by atoms with Crippen molar-refractivity contribution in [2.75, 3.05) is 5.43 Å². The van der Waals surface area contributed by atoms with E-state index in [2.05, 4.69) is 20.5 Å². The second-order valence-corrected chi connectivity index (χ2v) is 8.60. The van der Waals surface area contributed by atoms with Crippen LogP contribution >= 0.6 is 23.2 Å². The number of carbonyl (C=O) groups excluding carboxylic acids is 2. The molecule has 0 saturated heterocycles. The molecule has 0 aliphatic carbocycles. The van der Waals surface area contributed by atoms with Crippen LogP contribution in [0.25, 0.3) is 0 Å². The number of halogens is 2. The lowest BCUT2D eigenvalue weighted by Gasteiger charge is -2.11. The molecular weight excluding hydrogens is 515 g/mol. The molecule has 0 fully saturated rings. The van der Waals surface area contributed by atoms with Crippen LogP contribution in [-0.4, -0.2) is 28.1 Å². The fourth-order valence-electron chi connectivity index (χ4n) is 3.28. The lowest BCUT2D eigenvalue weighted by atomic mass is 10.2. The lowest BCUT2D eigenvalue weighted by Crippen LogP contribution is -2.12. The van der Waals surface area contributed by atoms with E-state index in [4.69, 9.17) is 32.7 Å². The quantitative estimate of drug-likeness (QED) is 0.129. The number of aromatic nitrogens is 2. The van der Waals surface area contributed by atoms with Crippen molar-refractivity contribution in [2.24, 2.45) is 5.10 Å². The molecule has 0 radical (unpaired) electrons. The first-order chi connectivity index (χ1) is 17.8. The highest BCUT2D eigenvalue weighted by molar-refractivity contribution is 6.34. The number of ether oxygens (including phenoxy) is 2. The van der Waals surface area contributed by atoms with Crippen molar-refractivity contribution in [3.05, 3.63) is 111 Å². The van der Waals surface area contributed by atoms with Gasteiger partial charge in [-0.1, -0.05) is 47.5 Å². The first-order valence-electron chi connectivity index (χ1n) is 11.0. The highest BCUT2D eigenvalue weighted by Crippen LogP contribution is 2.27.